The van der Waals surface area contributed by atoms with Crippen LogP contribution in [0.4, 0.5) is 13.2 Å². The number of carbonyl (C=O) groups is 1. The highest BCUT2D eigenvalue weighted by atomic mass is 19.4. The van der Waals surface area contributed by atoms with E-state index in [1.54, 1.807) is 27.3 Å². The van der Waals surface area contributed by atoms with Gasteiger partial charge in [-0.05, 0) is 35.4 Å². The number of alkyl halides is 3. The van der Waals surface area contributed by atoms with Gasteiger partial charge in [-0.2, -0.15) is 13.2 Å². The Kier molecular flexibility index (Phi) is 8.08. The zero-order valence-corrected chi connectivity index (χ0v) is 17.1. The zero-order chi connectivity index (χ0) is 22.1. The van der Waals surface area contributed by atoms with Gasteiger partial charge in [0.15, 0.2) is 5.96 Å². The van der Waals surface area contributed by atoms with Gasteiger partial charge in [-0.25, -0.2) is 4.99 Å². The van der Waals surface area contributed by atoms with E-state index in [0.717, 1.165) is 17.7 Å². The molecule has 162 valence electrons. The van der Waals surface area contributed by atoms with Gasteiger partial charge in [-0.1, -0.05) is 24.3 Å². The maximum atomic E-state index is 12.9. The van der Waals surface area contributed by atoms with Crippen molar-refractivity contribution >= 4 is 11.9 Å². The van der Waals surface area contributed by atoms with Crippen molar-refractivity contribution in [1.29, 1.82) is 0 Å². The summed E-state index contributed by atoms with van der Waals surface area (Å²) in [6.07, 6.45) is -4.41. The Bertz CT molecular complexity index is 883. The van der Waals surface area contributed by atoms with Crippen LogP contribution in [0.2, 0.25) is 0 Å². The molecular weight excluding hydrogens is 397 g/mol. The molecule has 2 N–H and O–H groups in total. The van der Waals surface area contributed by atoms with Gasteiger partial charge in [0.2, 0.25) is 5.91 Å². The topological polar surface area (TPSA) is 66.0 Å². The average molecular weight is 422 g/mol. The van der Waals surface area contributed by atoms with Crippen molar-refractivity contribution in [2.24, 2.45) is 4.99 Å². The first kappa shape index (κ1) is 23.1. The van der Waals surface area contributed by atoms with Gasteiger partial charge >= 0.3 is 6.18 Å². The van der Waals surface area contributed by atoms with Crippen molar-refractivity contribution in [3.05, 3.63) is 65.2 Å². The first-order valence-electron chi connectivity index (χ1n) is 9.20. The second-order valence-electron chi connectivity index (χ2n) is 6.71. The molecule has 0 unspecified atom stereocenters. The molecule has 30 heavy (non-hydrogen) atoms. The molecule has 0 radical (unpaired) electrons. The summed E-state index contributed by atoms with van der Waals surface area (Å²) in [5.74, 6) is 0.850. The molecule has 0 fully saturated rings. The quantitative estimate of drug-likeness (QED) is 0.532. The lowest BCUT2D eigenvalue weighted by atomic mass is 10.1. The monoisotopic (exact) mass is 422 g/mol. The zero-order valence-electron chi connectivity index (χ0n) is 17.1. The summed E-state index contributed by atoms with van der Waals surface area (Å²) in [7, 11) is 4.84. The number of amides is 1. The van der Waals surface area contributed by atoms with E-state index in [1.807, 2.05) is 24.3 Å². The fraction of sp³-hybridized carbons (Fsp3) is 0.333. The molecular formula is C21H25F3N4O2. The number of likely N-dealkylation sites (N-methyl/N-ethyl adjacent to an activating group) is 1. The Morgan fingerprint density at radius 3 is 2.43 bits per heavy atom. The summed E-state index contributed by atoms with van der Waals surface area (Å²) in [4.78, 5) is 17.6. The third-order valence-corrected chi connectivity index (χ3v) is 4.17. The molecule has 2 aromatic rings. The summed E-state index contributed by atoms with van der Waals surface area (Å²) in [5, 5.41) is 6.00. The van der Waals surface area contributed by atoms with Crippen LogP contribution in [0.1, 0.15) is 16.7 Å². The molecule has 0 aliphatic carbocycles. The highest BCUT2D eigenvalue weighted by Crippen LogP contribution is 2.29. The summed E-state index contributed by atoms with van der Waals surface area (Å²) < 4.78 is 43.9. The summed E-state index contributed by atoms with van der Waals surface area (Å²) in [5.41, 5.74) is 0.602. The van der Waals surface area contributed by atoms with Gasteiger partial charge in [0.05, 0.1) is 25.8 Å². The Morgan fingerprint density at radius 2 is 1.77 bits per heavy atom. The van der Waals surface area contributed by atoms with Crippen LogP contribution in [0.15, 0.2) is 53.5 Å². The second kappa shape index (κ2) is 10.5. The van der Waals surface area contributed by atoms with Gasteiger partial charge in [0.1, 0.15) is 5.75 Å². The first-order chi connectivity index (χ1) is 14.2. The summed E-state index contributed by atoms with van der Waals surface area (Å²) in [6.45, 7) is 0.412. The molecule has 0 aliphatic heterocycles. The Labute approximate surface area is 173 Å². The average Bonchev–Trinajstić information content (AvgIpc) is 2.72. The van der Waals surface area contributed by atoms with Crippen LogP contribution >= 0.6 is 0 Å². The Hall–Kier alpha value is -3.23. The van der Waals surface area contributed by atoms with Crippen LogP contribution in [-0.2, 0) is 24.1 Å². The van der Waals surface area contributed by atoms with Crippen LogP contribution in [0.5, 0.6) is 5.75 Å². The van der Waals surface area contributed by atoms with Crippen molar-refractivity contribution in [1.82, 2.24) is 15.5 Å². The molecule has 2 aromatic carbocycles. The SMILES string of the molecule is COc1cccc(CNC(=NCc2cccc(C(F)(F)F)c2)NCC(=O)N(C)C)c1. The van der Waals surface area contributed by atoms with E-state index in [2.05, 4.69) is 15.6 Å². The maximum Gasteiger partial charge on any atom is 0.416 e. The predicted molar refractivity (Wildman–Crippen MR) is 109 cm³/mol. The Balaban J connectivity index is 2.12. The van der Waals surface area contributed by atoms with E-state index in [-0.39, 0.29) is 19.0 Å². The molecule has 1 amide bonds. The minimum absolute atomic E-state index is 0.000461. The predicted octanol–water partition coefficient (Wildman–Crippen LogP) is 3.04. The van der Waals surface area contributed by atoms with Crippen LogP contribution < -0.4 is 15.4 Å². The highest BCUT2D eigenvalue weighted by Gasteiger charge is 2.30. The Morgan fingerprint density at radius 1 is 1.07 bits per heavy atom. The molecule has 0 atom stereocenters. The van der Waals surface area contributed by atoms with E-state index < -0.39 is 11.7 Å². The molecule has 0 bridgehead atoms. The molecule has 0 aromatic heterocycles. The molecule has 0 spiro atoms. The fourth-order valence-electron chi connectivity index (χ4n) is 2.48. The number of halogens is 3. The van der Waals surface area contributed by atoms with Gasteiger partial charge in [0, 0.05) is 20.6 Å². The standard InChI is InChI=1S/C21H25F3N4O2/c1-28(2)19(29)14-27-20(26-13-16-7-5-9-18(11-16)30-3)25-12-15-6-4-8-17(10-15)21(22,23)24/h4-11H,12-14H2,1-3H3,(H2,25,26,27). The van der Waals surface area contributed by atoms with Crippen molar-refractivity contribution in [3.8, 4) is 5.75 Å². The van der Waals surface area contributed by atoms with Gasteiger partial charge in [0.25, 0.3) is 0 Å². The first-order valence-corrected chi connectivity index (χ1v) is 9.20. The smallest absolute Gasteiger partial charge is 0.416 e. The number of guanidine groups is 1. The highest BCUT2D eigenvalue weighted by molar-refractivity contribution is 5.86. The fourth-order valence-corrected chi connectivity index (χ4v) is 2.48. The molecule has 6 nitrogen and oxygen atoms in total. The number of carbonyl (C=O) groups excluding carboxylic acids is 1. The number of ether oxygens (including phenoxy) is 1. The molecule has 2 rings (SSSR count). The summed E-state index contributed by atoms with van der Waals surface area (Å²) in [6, 6.07) is 12.4. The number of benzene rings is 2. The van der Waals surface area contributed by atoms with Crippen molar-refractivity contribution < 1.29 is 22.7 Å². The maximum absolute atomic E-state index is 12.9. The van der Waals surface area contributed by atoms with Crippen LogP contribution in [0.25, 0.3) is 0 Å². The number of rotatable bonds is 7. The third kappa shape index (κ3) is 7.31. The lowest BCUT2D eigenvalue weighted by molar-refractivity contribution is -0.137. The van der Waals surface area contributed by atoms with E-state index in [4.69, 9.17) is 4.74 Å². The lowest BCUT2D eigenvalue weighted by Crippen LogP contribution is -2.42. The molecule has 0 saturated carbocycles. The van der Waals surface area contributed by atoms with Gasteiger partial charge < -0.3 is 20.3 Å². The summed E-state index contributed by atoms with van der Waals surface area (Å²) >= 11 is 0. The van der Waals surface area contributed by atoms with Crippen LogP contribution in [-0.4, -0.2) is 44.5 Å². The minimum Gasteiger partial charge on any atom is -0.497 e. The van der Waals surface area contributed by atoms with Gasteiger partial charge in [-0.15, -0.1) is 0 Å². The van der Waals surface area contributed by atoms with Gasteiger partial charge in [-0.3, -0.25) is 4.79 Å². The number of aliphatic imine (C=N–C) groups is 1. The molecule has 0 saturated heterocycles. The van der Waals surface area contributed by atoms with Crippen molar-refractivity contribution in [2.75, 3.05) is 27.7 Å². The van der Waals surface area contributed by atoms with Crippen molar-refractivity contribution in [3.63, 3.8) is 0 Å². The van der Waals surface area contributed by atoms with E-state index >= 15 is 0 Å². The number of methoxy groups -OCH3 is 1. The lowest BCUT2D eigenvalue weighted by Gasteiger charge is -2.15. The van der Waals surface area contributed by atoms with E-state index in [0.29, 0.717) is 23.8 Å². The third-order valence-electron chi connectivity index (χ3n) is 4.17. The number of hydrogen-bond acceptors (Lipinski definition) is 3. The largest absolute Gasteiger partial charge is 0.497 e. The van der Waals surface area contributed by atoms with Crippen LogP contribution in [0, 0.1) is 0 Å². The molecule has 9 heteroatoms. The number of nitrogens with one attached hydrogen (secondary N) is 2. The van der Waals surface area contributed by atoms with E-state index in [9.17, 15) is 18.0 Å². The number of nitrogens with zero attached hydrogens (tertiary/aromatic N) is 2. The molecule has 0 heterocycles. The van der Waals surface area contributed by atoms with E-state index in [1.165, 1.54) is 11.0 Å². The molecule has 0 aliphatic rings. The second-order valence-corrected chi connectivity index (χ2v) is 6.71. The normalized spacial score (nSPS) is 11.7. The van der Waals surface area contributed by atoms with Crippen LogP contribution in [0.3, 0.4) is 0 Å². The van der Waals surface area contributed by atoms with Crippen molar-refractivity contribution in [2.45, 2.75) is 19.3 Å². The minimum atomic E-state index is -4.41. The number of hydrogen-bond donors (Lipinski definition) is 2.